The molecule has 0 spiro atoms. The van der Waals surface area contributed by atoms with Gasteiger partial charge in [0.05, 0.1) is 12.2 Å². The Kier molecular flexibility index (Phi) is 7.76. The van der Waals surface area contributed by atoms with Gasteiger partial charge in [0.15, 0.2) is 6.10 Å². The molecule has 31 heavy (non-hydrogen) atoms. The first-order valence-electron chi connectivity index (χ1n) is 11.2. The van der Waals surface area contributed by atoms with E-state index in [1.54, 1.807) is 6.92 Å². The van der Waals surface area contributed by atoms with Crippen LogP contribution in [-0.4, -0.2) is 24.6 Å². The van der Waals surface area contributed by atoms with Crippen molar-refractivity contribution < 1.29 is 19.1 Å². The molecule has 1 aromatic carbocycles. The van der Waals surface area contributed by atoms with Gasteiger partial charge in [0.1, 0.15) is 10.8 Å². The van der Waals surface area contributed by atoms with E-state index in [4.69, 9.17) is 9.47 Å². The number of esters is 1. The summed E-state index contributed by atoms with van der Waals surface area (Å²) >= 11 is 1.51. The molecule has 6 heteroatoms. The quantitative estimate of drug-likeness (QED) is 0.520. The third-order valence-electron chi connectivity index (χ3n) is 6.08. The van der Waals surface area contributed by atoms with Crippen LogP contribution in [0, 0.1) is 19.8 Å². The van der Waals surface area contributed by atoms with Gasteiger partial charge in [-0.25, -0.2) is 4.79 Å². The number of carbonyl (C=O) groups is 2. The molecule has 2 atom stereocenters. The molecule has 0 bridgehead atoms. The fourth-order valence-electron chi connectivity index (χ4n) is 3.98. The van der Waals surface area contributed by atoms with Gasteiger partial charge in [0, 0.05) is 4.88 Å². The highest BCUT2D eigenvalue weighted by atomic mass is 32.1. The highest BCUT2D eigenvalue weighted by Gasteiger charge is 2.31. The molecule has 0 fully saturated rings. The zero-order chi connectivity index (χ0) is 22.5. The molecule has 1 amide bonds. The van der Waals surface area contributed by atoms with Crippen LogP contribution in [0.25, 0.3) is 0 Å². The van der Waals surface area contributed by atoms with E-state index >= 15 is 0 Å². The van der Waals surface area contributed by atoms with Crippen molar-refractivity contribution >= 4 is 28.2 Å². The van der Waals surface area contributed by atoms with Crippen LogP contribution in [-0.2, 0) is 22.4 Å². The van der Waals surface area contributed by atoms with E-state index in [0.29, 0.717) is 35.3 Å². The molecular formula is C25H33NO4S. The average molecular weight is 444 g/mol. The fourth-order valence-corrected chi connectivity index (χ4v) is 5.33. The van der Waals surface area contributed by atoms with E-state index < -0.39 is 6.10 Å². The second kappa shape index (κ2) is 10.3. The van der Waals surface area contributed by atoms with Gasteiger partial charge in [0.25, 0.3) is 5.91 Å². The standard InChI is InChI=1S/C25H33NO4S/c1-6-17-10-12-19-21(14-17)31-24(22(19)25(28)29-8-3)26-23(27)20(7-2)30-18-11-9-15(4)16(5)13-18/h9,11,13,17,20H,6-8,10,12,14H2,1-5H3,(H,26,27). The van der Waals surface area contributed by atoms with Gasteiger partial charge in [-0.15, -0.1) is 11.3 Å². The van der Waals surface area contributed by atoms with Crippen molar-refractivity contribution in [2.24, 2.45) is 5.92 Å². The molecule has 0 radical (unpaired) electrons. The van der Waals surface area contributed by atoms with E-state index in [-0.39, 0.29) is 11.9 Å². The molecule has 1 heterocycles. The lowest BCUT2D eigenvalue weighted by molar-refractivity contribution is -0.122. The van der Waals surface area contributed by atoms with Crippen LogP contribution in [0.4, 0.5) is 5.00 Å². The number of ether oxygens (including phenoxy) is 2. The maximum absolute atomic E-state index is 13.1. The third kappa shape index (κ3) is 5.29. The molecule has 2 unspecified atom stereocenters. The summed E-state index contributed by atoms with van der Waals surface area (Å²) in [6.07, 6.45) is 3.87. The van der Waals surface area contributed by atoms with Gasteiger partial charge in [-0.3, -0.25) is 4.79 Å². The Morgan fingerprint density at radius 3 is 2.61 bits per heavy atom. The Morgan fingerprint density at radius 2 is 1.97 bits per heavy atom. The number of aryl methyl sites for hydroxylation is 2. The maximum atomic E-state index is 13.1. The Morgan fingerprint density at radius 1 is 1.19 bits per heavy atom. The molecule has 2 aromatic rings. The second-order valence-electron chi connectivity index (χ2n) is 8.20. The summed E-state index contributed by atoms with van der Waals surface area (Å²) in [5.41, 5.74) is 3.88. The number of thiophene rings is 1. The number of carbonyl (C=O) groups excluding carboxylic acids is 2. The first-order chi connectivity index (χ1) is 14.9. The van der Waals surface area contributed by atoms with E-state index in [2.05, 4.69) is 12.2 Å². The molecular weight excluding hydrogens is 410 g/mol. The van der Waals surface area contributed by atoms with Gasteiger partial charge in [-0.2, -0.15) is 0 Å². The topological polar surface area (TPSA) is 64.6 Å². The summed E-state index contributed by atoms with van der Waals surface area (Å²) in [6, 6.07) is 5.83. The van der Waals surface area contributed by atoms with E-state index in [1.807, 2.05) is 39.0 Å². The number of anilines is 1. The van der Waals surface area contributed by atoms with Gasteiger partial charge in [0.2, 0.25) is 0 Å². The molecule has 1 aromatic heterocycles. The minimum Gasteiger partial charge on any atom is -0.481 e. The number of benzene rings is 1. The van der Waals surface area contributed by atoms with E-state index in [1.165, 1.54) is 21.8 Å². The third-order valence-corrected chi connectivity index (χ3v) is 7.25. The molecule has 5 nitrogen and oxygen atoms in total. The number of hydrogen-bond donors (Lipinski definition) is 1. The molecule has 168 valence electrons. The summed E-state index contributed by atoms with van der Waals surface area (Å²) in [7, 11) is 0. The van der Waals surface area contributed by atoms with Crippen molar-refractivity contribution in [3.63, 3.8) is 0 Å². The predicted octanol–water partition coefficient (Wildman–Crippen LogP) is 5.85. The Labute approximate surface area is 189 Å². The maximum Gasteiger partial charge on any atom is 0.341 e. The van der Waals surface area contributed by atoms with Crippen LogP contribution in [0.2, 0.25) is 0 Å². The minimum absolute atomic E-state index is 0.239. The fraction of sp³-hybridized carbons (Fsp3) is 0.520. The molecule has 1 N–H and O–H groups in total. The summed E-state index contributed by atoms with van der Waals surface area (Å²) in [6.45, 7) is 10.3. The molecule has 1 aliphatic carbocycles. The molecule has 0 saturated heterocycles. The van der Waals surface area contributed by atoms with E-state index in [0.717, 1.165) is 36.8 Å². The number of nitrogens with one attached hydrogen (secondary N) is 1. The van der Waals surface area contributed by atoms with E-state index in [9.17, 15) is 9.59 Å². The lowest BCUT2D eigenvalue weighted by Gasteiger charge is -2.21. The van der Waals surface area contributed by atoms with Gasteiger partial charge in [-0.05, 0) is 81.2 Å². The predicted molar refractivity (Wildman–Crippen MR) is 125 cm³/mol. The minimum atomic E-state index is -0.639. The zero-order valence-electron chi connectivity index (χ0n) is 19.2. The highest BCUT2D eigenvalue weighted by molar-refractivity contribution is 7.17. The molecule has 0 saturated carbocycles. The van der Waals surface area contributed by atoms with Gasteiger partial charge in [-0.1, -0.05) is 26.3 Å². The van der Waals surface area contributed by atoms with Crippen LogP contribution >= 0.6 is 11.3 Å². The largest absolute Gasteiger partial charge is 0.481 e. The summed E-state index contributed by atoms with van der Waals surface area (Å²) in [4.78, 5) is 27.0. The number of amides is 1. The smallest absolute Gasteiger partial charge is 0.341 e. The monoisotopic (exact) mass is 443 g/mol. The van der Waals surface area contributed by atoms with Crippen molar-refractivity contribution in [3.8, 4) is 5.75 Å². The Balaban J connectivity index is 1.83. The van der Waals surface area contributed by atoms with Crippen molar-refractivity contribution in [1.29, 1.82) is 0 Å². The molecule has 3 rings (SSSR count). The Bertz CT molecular complexity index is 949. The van der Waals surface area contributed by atoms with Crippen molar-refractivity contribution in [1.82, 2.24) is 0 Å². The summed E-state index contributed by atoms with van der Waals surface area (Å²) < 4.78 is 11.3. The van der Waals surface area contributed by atoms with Crippen molar-refractivity contribution in [2.45, 2.75) is 72.8 Å². The lowest BCUT2D eigenvalue weighted by atomic mass is 9.85. The Hall–Kier alpha value is -2.34. The number of fused-ring (bicyclic) bond motifs is 1. The first kappa shape index (κ1) is 23.3. The highest BCUT2D eigenvalue weighted by Crippen LogP contribution is 2.41. The second-order valence-corrected chi connectivity index (χ2v) is 9.30. The lowest BCUT2D eigenvalue weighted by Crippen LogP contribution is -2.32. The zero-order valence-corrected chi connectivity index (χ0v) is 20.0. The van der Waals surface area contributed by atoms with Gasteiger partial charge < -0.3 is 14.8 Å². The van der Waals surface area contributed by atoms with Crippen LogP contribution < -0.4 is 10.1 Å². The van der Waals surface area contributed by atoms with Crippen LogP contribution in [0.3, 0.4) is 0 Å². The SMILES string of the molecule is CCOC(=O)c1c(NC(=O)C(CC)Oc2ccc(C)c(C)c2)sc2c1CCC(CC)C2. The number of hydrogen-bond acceptors (Lipinski definition) is 5. The van der Waals surface area contributed by atoms with Crippen LogP contribution in [0.5, 0.6) is 5.75 Å². The van der Waals surface area contributed by atoms with Crippen LogP contribution in [0.1, 0.15) is 72.0 Å². The van der Waals surface area contributed by atoms with Gasteiger partial charge >= 0.3 is 5.97 Å². The summed E-state index contributed by atoms with van der Waals surface area (Å²) in [5.74, 6) is 0.707. The number of rotatable bonds is 8. The van der Waals surface area contributed by atoms with Crippen molar-refractivity contribution in [2.75, 3.05) is 11.9 Å². The molecule has 1 aliphatic rings. The summed E-state index contributed by atoms with van der Waals surface area (Å²) in [5, 5.41) is 3.58. The first-order valence-corrected chi connectivity index (χ1v) is 12.1. The normalized spacial score (nSPS) is 16.4. The average Bonchev–Trinajstić information content (AvgIpc) is 3.11. The molecule has 0 aliphatic heterocycles. The van der Waals surface area contributed by atoms with Crippen LogP contribution in [0.15, 0.2) is 18.2 Å². The van der Waals surface area contributed by atoms with Crippen molar-refractivity contribution in [3.05, 3.63) is 45.3 Å².